The minimum Gasteiger partial charge on any atom is -0.488 e. The predicted octanol–water partition coefficient (Wildman–Crippen LogP) is 0.807. The lowest BCUT2D eigenvalue weighted by molar-refractivity contribution is -0.127. The van der Waals surface area contributed by atoms with Gasteiger partial charge in [-0.2, -0.15) is 0 Å². The Balaban J connectivity index is 1.80. The first kappa shape index (κ1) is 12.8. The van der Waals surface area contributed by atoms with Crippen LogP contribution in [0.4, 0.5) is 4.39 Å². The smallest absolute Gasteiger partial charge is 0.236 e. The van der Waals surface area contributed by atoms with E-state index in [1.807, 2.05) is 0 Å². The number of amides is 1. The van der Waals surface area contributed by atoms with E-state index in [0.717, 1.165) is 11.3 Å². The van der Waals surface area contributed by atoms with Crippen LogP contribution >= 0.6 is 0 Å². The van der Waals surface area contributed by atoms with Crippen molar-refractivity contribution >= 4 is 5.91 Å². The molecular formula is C13H17FN2O2. The molecule has 5 heteroatoms. The summed E-state index contributed by atoms with van der Waals surface area (Å²) in [7, 11) is 3.43. The standard InChI is InChI=1S/C13H17FN2O2/c1-16(2)13(17)8-15-7-11-6-9-5-10(14)3-4-12(9)18-11/h3-5,11,15H,6-8H2,1-2H3. The van der Waals surface area contributed by atoms with Gasteiger partial charge in [0.15, 0.2) is 0 Å². The molecule has 0 aromatic heterocycles. The van der Waals surface area contributed by atoms with E-state index in [1.165, 1.54) is 17.0 Å². The van der Waals surface area contributed by atoms with Crippen LogP contribution in [-0.2, 0) is 11.2 Å². The fourth-order valence-electron chi connectivity index (χ4n) is 1.90. The number of benzene rings is 1. The van der Waals surface area contributed by atoms with Crippen LogP contribution in [0.25, 0.3) is 0 Å². The molecule has 0 aliphatic carbocycles. The second-order valence-electron chi connectivity index (χ2n) is 4.62. The fraction of sp³-hybridized carbons (Fsp3) is 0.462. The zero-order valence-electron chi connectivity index (χ0n) is 10.6. The van der Waals surface area contributed by atoms with E-state index in [1.54, 1.807) is 20.2 Å². The first-order chi connectivity index (χ1) is 8.56. The van der Waals surface area contributed by atoms with Crippen LogP contribution in [0.5, 0.6) is 5.75 Å². The Morgan fingerprint density at radius 3 is 3.06 bits per heavy atom. The Kier molecular flexibility index (Phi) is 3.81. The molecular weight excluding hydrogens is 235 g/mol. The van der Waals surface area contributed by atoms with Crippen LogP contribution in [0.3, 0.4) is 0 Å². The van der Waals surface area contributed by atoms with Crippen LogP contribution in [0.1, 0.15) is 5.56 Å². The first-order valence-electron chi connectivity index (χ1n) is 5.92. The Hall–Kier alpha value is -1.62. The van der Waals surface area contributed by atoms with E-state index in [4.69, 9.17) is 4.74 Å². The van der Waals surface area contributed by atoms with Crippen LogP contribution in [-0.4, -0.2) is 44.1 Å². The molecule has 1 atom stereocenters. The zero-order valence-corrected chi connectivity index (χ0v) is 10.6. The highest BCUT2D eigenvalue weighted by Gasteiger charge is 2.23. The first-order valence-corrected chi connectivity index (χ1v) is 5.92. The average Bonchev–Trinajstić information content (AvgIpc) is 2.70. The van der Waals surface area contributed by atoms with E-state index in [2.05, 4.69) is 5.32 Å². The van der Waals surface area contributed by atoms with Gasteiger partial charge in [0.2, 0.25) is 5.91 Å². The molecule has 4 nitrogen and oxygen atoms in total. The van der Waals surface area contributed by atoms with Gasteiger partial charge < -0.3 is 15.0 Å². The lowest BCUT2D eigenvalue weighted by atomic mass is 10.1. The summed E-state index contributed by atoms with van der Waals surface area (Å²) in [6.07, 6.45) is 0.646. The highest BCUT2D eigenvalue weighted by atomic mass is 19.1. The van der Waals surface area contributed by atoms with Crippen molar-refractivity contribution in [3.8, 4) is 5.75 Å². The number of rotatable bonds is 4. The number of nitrogens with one attached hydrogen (secondary N) is 1. The second-order valence-corrected chi connectivity index (χ2v) is 4.62. The molecule has 98 valence electrons. The van der Waals surface area contributed by atoms with Gasteiger partial charge >= 0.3 is 0 Å². The van der Waals surface area contributed by atoms with Gasteiger partial charge in [0.25, 0.3) is 0 Å². The molecule has 1 amide bonds. The van der Waals surface area contributed by atoms with Crippen molar-refractivity contribution in [2.24, 2.45) is 0 Å². The topological polar surface area (TPSA) is 41.6 Å². The van der Waals surface area contributed by atoms with E-state index in [-0.39, 0.29) is 24.4 Å². The Morgan fingerprint density at radius 1 is 1.56 bits per heavy atom. The van der Waals surface area contributed by atoms with Crippen LogP contribution in [0.15, 0.2) is 18.2 Å². The minimum absolute atomic E-state index is 0.0246. The third kappa shape index (κ3) is 2.98. The number of likely N-dealkylation sites (N-methyl/N-ethyl adjacent to an activating group) is 1. The van der Waals surface area contributed by atoms with Crippen molar-refractivity contribution in [3.05, 3.63) is 29.6 Å². The number of hydrogen-bond donors (Lipinski definition) is 1. The van der Waals surface area contributed by atoms with Crippen molar-refractivity contribution < 1.29 is 13.9 Å². The fourth-order valence-corrected chi connectivity index (χ4v) is 1.90. The normalized spacial score (nSPS) is 17.2. The number of fused-ring (bicyclic) bond motifs is 1. The maximum Gasteiger partial charge on any atom is 0.236 e. The summed E-state index contributed by atoms with van der Waals surface area (Å²) < 4.78 is 18.7. The Labute approximate surface area is 106 Å². The molecule has 0 saturated heterocycles. The van der Waals surface area contributed by atoms with E-state index >= 15 is 0 Å². The summed E-state index contributed by atoms with van der Waals surface area (Å²) in [6, 6.07) is 4.54. The Bertz CT molecular complexity index is 449. The number of carbonyl (C=O) groups is 1. The van der Waals surface area contributed by atoms with Crippen molar-refractivity contribution in [2.45, 2.75) is 12.5 Å². The quantitative estimate of drug-likeness (QED) is 0.862. The number of carbonyl (C=O) groups excluding carboxylic acids is 1. The molecule has 0 bridgehead atoms. The second kappa shape index (κ2) is 5.35. The van der Waals surface area contributed by atoms with E-state index in [0.29, 0.717) is 13.0 Å². The van der Waals surface area contributed by atoms with Gasteiger partial charge in [-0.3, -0.25) is 4.79 Å². The number of halogens is 1. The molecule has 1 N–H and O–H groups in total. The maximum atomic E-state index is 13.0. The molecule has 1 aromatic carbocycles. The monoisotopic (exact) mass is 252 g/mol. The predicted molar refractivity (Wildman–Crippen MR) is 66.1 cm³/mol. The third-order valence-corrected chi connectivity index (χ3v) is 2.91. The Morgan fingerprint density at radius 2 is 2.33 bits per heavy atom. The molecule has 1 aromatic rings. The summed E-state index contributed by atoms with van der Waals surface area (Å²) in [5.74, 6) is 0.521. The highest BCUT2D eigenvalue weighted by molar-refractivity contribution is 5.77. The maximum absolute atomic E-state index is 13.0. The van der Waals surface area contributed by atoms with Crippen molar-refractivity contribution in [2.75, 3.05) is 27.2 Å². The molecule has 18 heavy (non-hydrogen) atoms. The zero-order chi connectivity index (χ0) is 13.1. The summed E-state index contributed by atoms with van der Waals surface area (Å²) in [5, 5.41) is 3.05. The van der Waals surface area contributed by atoms with Gasteiger partial charge in [-0.05, 0) is 18.2 Å². The van der Waals surface area contributed by atoms with Crippen molar-refractivity contribution in [1.82, 2.24) is 10.2 Å². The largest absolute Gasteiger partial charge is 0.488 e. The lowest BCUT2D eigenvalue weighted by Crippen LogP contribution is -2.37. The molecule has 1 unspecified atom stereocenters. The summed E-state index contributed by atoms with van der Waals surface area (Å²) in [6.45, 7) is 0.868. The average molecular weight is 252 g/mol. The molecule has 0 saturated carbocycles. The molecule has 0 radical (unpaired) electrons. The van der Waals surface area contributed by atoms with Crippen molar-refractivity contribution in [1.29, 1.82) is 0 Å². The van der Waals surface area contributed by atoms with E-state index in [9.17, 15) is 9.18 Å². The van der Waals surface area contributed by atoms with Gasteiger partial charge in [-0.25, -0.2) is 4.39 Å². The molecule has 1 aliphatic rings. The molecule has 1 aliphatic heterocycles. The number of nitrogens with zero attached hydrogens (tertiary/aromatic N) is 1. The highest BCUT2D eigenvalue weighted by Crippen LogP contribution is 2.28. The molecule has 1 heterocycles. The van der Waals surface area contributed by atoms with Crippen LogP contribution < -0.4 is 10.1 Å². The van der Waals surface area contributed by atoms with E-state index < -0.39 is 0 Å². The summed E-state index contributed by atoms with van der Waals surface area (Å²) in [5.41, 5.74) is 0.890. The van der Waals surface area contributed by atoms with Gasteiger partial charge in [0.1, 0.15) is 17.7 Å². The lowest BCUT2D eigenvalue weighted by Gasteiger charge is -2.14. The van der Waals surface area contributed by atoms with Crippen molar-refractivity contribution in [3.63, 3.8) is 0 Å². The summed E-state index contributed by atoms with van der Waals surface area (Å²) >= 11 is 0. The van der Waals surface area contributed by atoms with Gasteiger partial charge in [-0.1, -0.05) is 0 Å². The number of hydrogen-bond acceptors (Lipinski definition) is 3. The van der Waals surface area contributed by atoms with Gasteiger partial charge in [0, 0.05) is 32.6 Å². The number of ether oxygens (including phenoxy) is 1. The minimum atomic E-state index is -0.242. The van der Waals surface area contributed by atoms with Gasteiger partial charge in [-0.15, -0.1) is 0 Å². The summed E-state index contributed by atoms with van der Waals surface area (Å²) in [4.78, 5) is 12.9. The SMILES string of the molecule is CN(C)C(=O)CNCC1Cc2cc(F)ccc2O1. The molecule has 0 fully saturated rings. The van der Waals surface area contributed by atoms with Crippen LogP contribution in [0, 0.1) is 5.82 Å². The third-order valence-electron chi connectivity index (χ3n) is 2.91. The van der Waals surface area contributed by atoms with Crippen LogP contribution in [0.2, 0.25) is 0 Å². The molecule has 0 spiro atoms. The van der Waals surface area contributed by atoms with Gasteiger partial charge in [0.05, 0.1) is 6.54 Å². The molecule has 2 rings (SSSR count).